The highest BCUT2D eigenvalue weighted by molar-refractivity contribution is 5.97. The Kier molecular flexibility index (Phi) is 5.12. The highest BCUT2D eigenvalue weighted by Gasteiger charge is 2.28. The quantitative estimate of drug-likeness (QED) is 0.496. The normalized spacial score (nSPS) is 18.7. The molecule has 1 fully saturated rings. The first-order valence-corrected chi connectivity index (χ1v) is 10.7. The van der Waals surface area contributed by atoms with Crippen LogP contribution in [0, 0.1) is 5.92 Å². The number of methoxy groups -OCH3 is 1. The van der Waals surface area contributed by atoms with Crippen LogP contribution < -0.4 is 10.1 Å². The molecule has 0 aromatic carbocycles. The third-order valence-corrected chi connectivity index (χ3v) is 6.13. The molecule has 1 aliphatic carbocycles. The number of rotatable bonds is 5. The summed E-state index contributed by atoms with van der Waals surface area (Å²) in [6.07, 6.45) is 8.90. The van der Waals surface area contributed by atoms with Gasteiger partial charge in [-0.2, -0.15) is 15.1 Å². The average Bonchev–Trinajstić information content (AvgIpc) is 3.45. The Balaban J connectivity index is 1.39. The van der Waals surface area contributed by atoms with E-state index in [1.165, 1.54) is 6.33 Å². The average molecular weight is 435 g/mol. The zero-order valence-electron chi connectivity index (χ0n) is 18.4. The number of carbonyl (C=O) groups excluding carboxylic acids is 1. The molecule has 4 heterocycles. The molecule has 5 rings (SSSR count). The summed E-state index contributed by atoms with van der Waals surface area (Å²) in [6.45, 7) is 0. The lowest BCUT2D eigenvalue weighted by Gasteiger charge is -2.29. The minimum Gasteiger partial charge on any atom is -0.480 e. The molecular weight excluding hydrogens is 408 g/mol. The van der Waals surface area contributed by atoms with E-state index in [1.54, 1.807) is 16.5 Å². The fourth-order valence-electron chi connectivity index (χ4n) is 4.45. The number of H-pyrrole nitrogens is 1. The van der Waals surface area contributed by atoms with E-state index in [-0.39, 0.29) is 17.9 Å². The van der Waals surface area contributed by atoms with Gasteiger partial charge in [-0.3, -0.25) is 4.79 Å². The smallest absolute Gasteiger partial charge is 0.228 e. The number of hydrogen-bond acceptors (Lipinski definition) is 7. The number of nitrogens with one attached hydrogen (secondary N) is 2. The Hall–Kier alpha value is -3.69. The second-order valence-electron chi connectivity index (χ2n) is 8.39. The molecule has 0 saturated heterocycles. The number of amides is 1. The van der Waals surface area contributed by atoms with E-state index < -0.39 is 0 Å². The zero-order chi connectivity index (χ0) is 22.2. The Morgan fingerprint density at radius 2 is 2.03 bits per heavy atom. The first kappa shape index (κ1) is 20.2. The fraction of sp³-hybridized carbons (Fsp3) is 0.409. The Labute approximate surface area is 185 Å². The molecule has 10 heteroatoms. The minimum atomic E-state index is 0.106. The molecule has 32 heavy (non-hydrogen) atoms. The van der Waals surface area contributed by atoms with E-state index in [0.717, 1.165) is 47.8 Å². The number of ether oxygens (including phenoxy) is 1. The van der Waals surface area contributed by atoms with Gasteiger partial charge in [-0.1, -0.05) is 0 Å². The summed E-state index contributed by atoms with van der Waals surface area (Å²) in [5.41, 5.74) is 3.37. The first-order chi connectivity index (χ1) is 15.5. The van der Waals surface area contributed by atoms with E-state index >= 15 is 0 Å². The summed E-state index contributed by atoms with van der Waals surface area (Å²) in [4.78, 5) is 30.7. The molecule has 1 aliphatic rings. The van der Waals surface area contributed by atoms with E-state index in [1.807, 2.05) is 38.6 Å². The van der Waals surface area contributed by atoms with Crippen molar-refractivity contribution in [1.29, 1.82) is 0 Å². The summed E-state index contributed by atoms with van der Waals surface area (Å²) in [5.74, 6) is 1.35. The number of aromatic nitrogens is 6. The van der Waals surface area contributed by atoms with E-state index in [0.29, 0.717) is 17.5 Å². The predicted molar refractivity (Wildman–Crippen MR) is 120 cm³/mol. The fourth-order valence-corrected chi connectivity index (χ4v) is 4.45. The van der Waals surface area contributed by atoms with Gasteiger partial charge in [-0.25, -0.2) is 9.50 Å². The van der Waals surface area contributed by atoms with Crippen LogP contribution in [0.2, 0.25) is 0 Å². The second-order valence-corrected chi connectivity index (χ2v) is 8.39. The molecule has 2 N–H and O–H groups in total. The summed E-state index contributed by atoms with van der Waals surface area (Å²) in [5, 5.41) is 8.47. The number of aromatic amines is 1. The van der Waals surface area contributed by atoms with Crippen LogP contribution in [-0.2, 0) is 4.79 Å². The predicted octanol–water partition coefficient (Wildman–Crippen LogP) is 2.74. The van der Waals surface area contributed by atoms with Gasteiger partial charge in [0.15, 0.2) is 5.65 Å². The number of carbonyl (C=O) groups is 1. The lowest BCUT2D eigenvalue weighted by Crippen LogP contribution is -2.35. The van der Waals surface area contributed by atoms with E-state index in [2.05, 4.69) is 25.4 Å². The maximum absolute atomic E-state index is 12.2. The molecule has 166 valence electrons. The third-order valence-electron chi connectivity index (χ3n) is 6.13. The van der Waals surface area contributed by atoms with E-state index in [4.69, 9.17) is 9.72 Å². The van der Waals surface area contributed by atoms with Gasteiger partial charge in [0.2, 0.25) is 17.7 Å². The molecule has 0 atom stereocenters. The summed E-state index contributed by atoms with van der Waals surface area (Å²) in [7, 11) is 5.24. The van der Waals surface area contributed by atoms with Crippen molar-refractivity contribution in [3.8, 4) is 17.0 Å². The monoisotopic (exact) mass is 434 g/mol. The summed E-state index contributed by atoms with van der Waals surface area (Å²) in [6, 6.07) is 4.14. The van der Waals surface area contributed by atoms with Gasteiger partial charge in [0.1, 0.15) is 12.0 Å². The number of pyridine rings is 1. The van der Waals surface area contributed by atoms with Crippen molar-refractivity contribution >= 4 is 28.5 Å². The van der Waals surface area contributed by atoms with Crippen molar-refractivity contribution in [2.24, 2.45) is 5.92 Å². The minimum absolute atomic E-state index is 0.106. The third kappa shape index (κ3) is 3.61. The van der Waals surface area contributed by atoms with Crippen molar-refractivity contribution in [3.05, 3.63) is 30.9 Å². The number of fused-ring (bicyclic) bond motifs is 2. The number of hydrogen-bond donors (Lipinski definition) is 2. The molecule has 0 unspecified atom stereocenters. The molecule has 1 amide bonds. The molecular formula is C22H26N8O2. The van der Waals surface area contributed by atoms with Gasteiger partial charge in [-0.15, -0.1) is 0 Å². The van der Waals surface area contributed by atoms with Crippen molar-refractivity contribution in [2.45, 2.75) is 31.7 Å². The van der Waals surface area contributed by atoms with Crippen LogP contribution in [0.1, 0.15) is 25.7 Å². The van der Waals surface area contributed by atoms with Gasteiger partial charge in [-0.05, 0) is 37.8 Å². The SMILES string of the molecule is COc1nc(N[C@H]2CC[C@@H](C(=O)N(C)C)CC2)nc2[nH]cc(-c3ccc4ncnn4c3)c12. The van der Waals surface area contributed by atoms with Crippen LogP contribution in [0.15, 0.2) is 30.9 Å². The number of nitrogens with zero attached hydrogens (tertiary/aromatic N) is 6. The Morgan fingerprint density at radius 3 is 2.78 bits per heavy atom. The van der Waals surface area contributed by atoms with Gasteiger partial charge in [0.25, 0.3) is 0 Å². The topological polar surface area (TPSA) is 113 Å². The Morgan fingerprint density at radius 1 is 1.22 bits per heavy atom. The van der Waals surface area contributed by atoms with Crippen molar-refractivity contribution in [3.63, 3.8) is 0 Å². The maximum atomic E-state index is 12.2. The first-order valence-electron chi connectivity index (χ1n) is 10.7. The molecule has 0 bridgehead atoms. The lowest BCUT2D eigenvalue weighted by molar-refractivity contribution is -0.133. The van der Waals surface area contributed by atoms with Crippen LogP contribution in [0.3, 0.4) is 0 Å². The van der Waals surface area contributed by atoms with Crippen LogP contribution >= 0.6 is 0 Å². The van der Waals surface area contributed by atoms with Crippen LogP contribution in [0.5, 0.6) is 5.88 Å². The summed E-state index contributed by atoms with van der Waals surface area (Å²) >= 11 is 0. The zero-order valence-corrected chi connectivity index (χ0v) is 18.4. The lowest BCUT2D eigenvalue weighted by atomic mass is 9.85. The molecule has 0 radical (unpaired) electrons. The van der Waals surface area contributed by atoms with Gasteiger partial charge in [0, 0.05) is 49.6 Å². The maximum Gasteiger partial charge on any atom is 0.228 e. The van der Waals surface area contributed by atoms with Gasteiger partial charge < -0.3 is 19.9 Å². The second kappa shape index (κ2) is 8.10. The molecule has 1 saturated carbocycles. The Bertz CT molecular complexity index is 1270. The van der Waals surface area contributed by atoms with E-state index in [9.17, 15) is 4.79 Å². The molecule has 4 aromatic rings. The molecule has 0 spiro atoms. The molecule has 4 aromatic heterocycles. The highest BCUT2D eigenvalue weighted by Crippen LogP contribution is 2.35. The standard InChI is InChI=1S/C22H26N8O2/c1-29(2)21(31)13-4-7-15(8-5-13)26-22-27-19-18(20(28-22)32-3)16(10-23-19)14-6-9-17-24-12-25-30(17)11-14/h6,9-13,15H,4-5,7-8H2,1-3H3,(H2,23,26,27,28)/t13-,15+. The van der Waals surface area contributed by atoms with Crippen LogP contribution in [0.25, 0.3) is 27.8 Å². The molecule has 10 nitrogen and oxygen atoms in total. The van der Waals surface area contributed by atoms with Gasteiger partial charge in [0.05, 0.1) is 12.5 Å². The van der Waals surface area contributed by atoms with Crippen LogP contribution in [-0.4, -0.2) is 67.6 Å². The van der Waals surface area contributed by atoms with Crippen molar-refractivity contribution < 1.29 is 9.53 Å². The highest BCUT2D eigenvalue weighted by atomic mass is 16.5. The molecule has 0 aliphatic heterocycles. The number of anilines is 1. The summed E-state index contributed by atoms with van der Waals surface area (Å²) < 4.78 is 7.36. The largest absolute Gasteiger partial charge is 0.480 e. The van der Waals surface area contributed by atoms with Crippen LogP contribution in [0.4, 0.5) is 5.95 Å². The van der Waals surface area contributed by atoms with Crippen molar-refractivity contribution in [2.75, 3.05) is 26.5 Å². The van der Waals surface area contributed by atoms with Crippen molar-refractivity contribution in [1.82, 2.24) is 34.4 Å². The van der Waals surface area contributed by atoms with Gasteiger partial charge >= 0.3 is 0 Å².